The summed E-state index contributed by atoms with van der Waals surface area (Å²) in [6.07, 6.45) is -1.52. The Balaban J connectivity index is 2.73. The van der Waals surface area contributed by atoms with Gasteiger partial charge in [0.15, 0.2) is 5.67 Å². The zero-order valence-corrected chi connectivity index (χ0v) is 10.7. The number of ether oxygens (including phenoxy) is 1. The van der Waals surface area contributed by atoms with Crippen LogP contribution in [0.4, 0.5) is 18.0 Å². The standard InChI is InChI=1S/C11H18F3NO3/c1-9(2,3)18-8(17)15-5-4-10(12,7-16)11(13,14)6-15/h16H,4-7H2,1-3H3/t10-/m0/s1. The lowest BCUT2D eigenvalue weighted by molar-refractivity contribution is -0.190. The second-order valence-electron chi connectivity index (χ2n) is 5.48. The van der Waals surface area contributed by atoms with Crippen LogP contribution in [0.3, 0.4) is 0 Å². The number of amides is 1. The van der Waals surface area contributed by atoms with Crippen molar-refractivity contribution in [1.82, 2.24) is 4.90 Å². The molecule has 0 radical (unpaired) electrons. The number of piperidine rings is 1. The van der Waals surface area contributed by atoms with Crippen molar-refractivity contribution in [2.75, 3.05) is 19.7 Å². The molecule has 1 aliphatic heterocycles. The molecule has 0 aromatic carbocycles. The molecule has 1 N–H and O–H groups in total. The van der Waals surface area contributed by atoms with Crippen LogP contribution in [0, 0.1) is 0 Å². The molecular weight excluding hydrogens is 251 g/mol. The fraction of sp³-hybridized carbons (Fsp3) is 0.909. The van der Waals surface area contributed by atoms with Gasteiger partial charge in [-0.1, -0.05) is 0 Å². The lowest BCUT2D eigenvalue weighted by Crippen LogP contribution is -2.61. The number of halogens is 3. The number of hydrogen-bond donors (Lipinski definition) is 1. The summed E-state index contributed by atoms with van der Waals surface area (Å²) in [7, 11) is 0. The van der Waals surface area contributed by atoms with Crippen LogP contribution in [-0.2, 0) is 4.74 Å². The highest BCUT2D eigenvalue weighted by Gasteiger charge is 2.58. The van der Waals surface area contributed by atoms with Crippen molar-refractivity contribution in [3.05, 3.63) is 0 Å². The minimum atomic E-state index is -3.78. The molecule has 1 rings (SSSR count). The lowest BCUT2D eigenvalue weighted by atomic mass is 9.90. The number of rotatable bonds is 1. The van der Waals surface area contributed by atoms with Crippen molar-refractivity contribution in [3.63, 3.8) is 0 Å². The molecule has 0 unspecified atom stereocenters. The van der Waals surface area contributed by atoms with Crippen LogP contribution in [0.1, 0.15) is 27.2 Å². The third-order valence-corrected chi connectivity index (χ3v) is 2.73. The van der Waals surface area contributed by atoms with Crippen LogP contribution >= 0.6 is 0 Å². The van der Waals surface area contributed by atoms with E-state index in [-0.39, 0.29) is 6.54 Å². The van der Waals surface area contributed by atoms with Gasteiger partial charge in [0.1, 0.15) is 5.60 Å². The van der Waals surface area contributed by atoms with Crippen LogP contribution in [-0.4, -0.2) is 53.0 Å². The Morgan fingerprint density at radius 3 is 2.33 bits per heavy atom. The van der Waals surface area contributed by atoms with E-state index in [1.165, 1.54) is 0 Å². The van der Waals surface area contributed by atoms with E-state index < -0.39 is 42.9 Å². The molecule has 0 bridgehead atoms. The summed E-state index contributed by atoms with van der Waals surface area (Å²) in [5, 5.41) is 8.71. The zero-order valence-electron chi connectivity index (χ0n) is 10.7. The summed E-state index contributed by atoms with van der Waals surface area (Å²) >= 11 is 0. The molecule has 0 aromatic heterocycles. The number of aliphatic hydroxyl groups excluding tert-OH is 1. The van der Waals surface area contributed by atoms with Crippen molar-refractivity contribution < 1.29 is 27.8 Å². The van der Waals surface area contributed by atoms with Gasteiger partial charge in [0.05, 0.1) is 13.2 Å². The predicted molar refractivity (Wildman–Crippen MR) is 58.3 cm³/mol. The Kier molecular flexibility index (Phi) is 3.86. The molecule has 1 heterocycles. The molecule has 1 saturated heterocycles. The normalized spacial score (nSPS) is 28.1. The topological polar surface area (TPSA) is 49.8 Å². The SMILES string of the molecule is CC(C)(C)OC(=O)N1CC[C@](F)(CO)C(F)(F)C1. The summed E-state index contributed by atoms with van der Waals surface area (Å²) < 4.78 is 45.6. The van der Waals surface area contributed by atoms with Gasteiger partial charge in [-0.15, -0.1) is 0 Å². The zero-order chi connectivity index (χ0) is 14.2. The molecule has 1 amide bonds. The highest BCUT2D eigenvalue weighted by Crippen LogP contribution is 2.39. The molecule has 1 atom stereocenters. The number of hydrogen-bond acceptors (Lipinski definition) is 3. The predicted octanol–water partition coefficient (Wildman–Crippen LogP) is 1.96. The van der Waals surface area contributed by atoms with Gasteiger partial charge < -0.3 is 14.7 Å². The number of carbonyl (C=O) groups excluding carboxylic acids is 1. The molecule has 1 fully saturated rings. The average Bonchev–Trinajstić information content (AvgIpc) is 2.19. The van der Waals surface area contributed by atoms with Crippen molar-refractivity contribution in [2.45, 2.75) is 44.4 Å². The third kappa shape index (κ3) is 3.07. The van der Waals surface area contributed by atoms with Crippen LogP contribution in [0.2, 0.25) is 0 Å². The van der Waals surface area contributed by atoms with Crippen molar-refractivity contribution in [3.8, 4) is 0 Å². The number of carbonyl (C=O) groups is 1. The molecule has 0 aliphatic carbocycles. The van der Waals surface area contributed by atoms with Crippen LogP contribution in [0.5, 0.6) is 0 Å². The molecule has 106 valence electrons. The molecule has 7 heteroatoms. The van der Waals surface area contributed by atoms with E-state index in [0.717, 1.165) is 4.90 Å². The maximum Gasteiger partial charge on any atom is 0.410 e. The number of aliphatic hydroxyl groups is 1. The van der Waals surface area contributed by atoms with Gasteiger partial charge in [-0.25, -0.2) is 18.0 Å². The summed E-state index contributed by atoms with van der Waals surface area (Å²) in [5.41, 5.74) is -3.76. The van der Waals surface area contributed by atoms with Gasteiger partial charge in [0.2, 0.25) is 0 Å². The Hall–Kier alpha value is -0.980. The van der Waals surface area contributed by atoms with Gasteiger partial charge in [-0.05, 0) is 20.8 Å². The van der Waals surface area contributed by atoms with Gasteiger partial charge in [0.25, 0.3) is 0 Å². The third-order valence-electron chi connectivity index (χ3n) is 2.73. The van der Waals surface area contributed by atoms with Crippen LogP contribution < -0.4 is 0 Å². The molecule has 0 spiro atoms. The van der Waals surface area contributed by atoms with Crippen LogP contribution in [0.25, 0.3) is 0 Å². The first-order valence-corrected chi connectivity index (χ1v) is 5.66. The van der Waals surface area contributed by atoms with Crippen molar-refractivity contribution >= 4 is 6.09 Å². The summed E-state index contributed by atoms with van der Waals surface area (Å²) in [5.74, 6) is -3.78. The van der Waals surface area contributed by atoms with Crippen molar-refractivity contribution in [2.24, 2.45) is 0 Å². The molecule has 4 nitrogen and oxygen atoms in total. The quantitative estimate of drug-likeness (QED) is 0.791. The molecule has 0 saturated carbocycles. The highest BCUT2D eigenvalue weighted by atomic mass is 19.3. The van der Waals surface area contributed by atoms with E-state index in [2.05, 4.69) is 0 Å². The summed E-state index contributed by atoms with van der Waals surface area (Å²) in [6.45, 7) is 2.28. The van der Waals surface area contributed by atoms with E-state index in [4.69, 9.17) is 9.84 Å². The minimum Gasteiger partial charge on any atom is -0.444 e. The molecule has 18 heavy (non-hydrogen) atoms. The number of likely N-dealkylation sites (tertiary alicyclic amines) is 1. The maximum atomic E-state index is 13.7. The monoisotopic (exact) mass is 269 g/mol. The minimum absolute atomic E-state index is 0.207. The summed E-state index contributed by atoms with van der Waals surface area (Å²) in [4.78, 5) is 12.3. The molecule has 0 aromatic rings. The van der Waals surface area contributed by atoms with Crippen molar-refractivity contribution in [1.29, 1.82) is 0 Å². The van der Waals surface area contributed by atoms with Gasteiger partial charge in [-0.3, -0.25) is 0 Å². The Bertz CT molecular complexity index is 330. The van der Waals surface area contributed by atoms with Gasteiger partial charge in [0, 0.05) is 13.0 Å². The Morgan fingerprint density at radius 2 is 1.94 bits per heavy atom. The molecule has 1 aliphatic rings. The number of nitrogens with zero attached hydrogens (tertiary/aromatic N) is 1. The second-order valence-corrected chi connectivity index (χ2v) is 5.48. The fourth-order valence-corrected chi connectivity index (χ4v) is 1.63. The summed E-state index contributed by atoms with van der Waals surface area (Å²) in [6, 6.07) is 0. The van der Waals surface area contributed by atoms with E-state index in [0.29, 0.717) is 0 Å². The largest absolute Gasteiger partial charge is 0.444 e. The first-order valence-electron chi connectivity index (χ1n) is 5.66. The smallest absolute Gasteiger partial charge is 0.410 e. The van der Waals surface area contributed by atoms with Crippen LogP contribution in [0.15, 0.2) is 0 Å². The van der Waals surface area contributed by atoms with E-state index >= 15 is 0 Å². The Morgan fingerprint density at radius 1 is 1.39 bits per heavy atom. The van der Waals surface area contributed by atoms with Gasteiger partial charge in [-0.2, -0.15) is 0 Å². The van der Waals surface area contributed by atoms with E-state index in [9.17, 15) is 18.0 Å². The maximum absolute atomic E-state index is 13.7. The fourth-order valence-electron chi connectivity index (χ4n) is 1.63. The second kappa shape index (κ2) is 4.60. The molecular formula is C11H18F3NO3. The first kappa shape index (κ1) is 15.1. The highest BCUT2D eigenvalue weighted by molar-refractivity contribution is 5.68. The Labute approximate surface area is 104 Å². The first-order chi connectivity index (χ1) is 8.01. The number of alkyl halides is 3. The van der Waals surface area contributed by atoms with E-state index in [1.807, 2.05) is 0 Å². The van der Waals surface area contributed by atoms with E-state index in [1.54, 1.807) is 20.8 Å². The average molecular weight is 269 g/mol. The lowest BCUT2D eigenvalue weighted by Gasteiger charge is -2.41. The van der Waals surface area contributed by atoms with Gasteiger partial charge >= 0.3 is 12.0 Å².